The van der Waals surface area contributed by atoms with Gasteiger partial charge in [-0.15, -0.1) is 0 Å². The van der Waals surface area contributed by atoms with E-state index < -0.39 is 15.3 Å². The van der Waals surface area contributed by atoms with Gasteiger partial charge < -0.3 is 5.32 Å². The normalized spacial score (nSPS) is 12.1. The van der Waals surface area contributed by atoms with Gasteiger partial charge in [0.2, 0.25) is 11.9 Å². The van der Waals surface area contributed by atoms with Crippen molar-refractivity contribution < 1.29 is 13.2 Å². The van der Waals surface area contributed by atoms with E-state index in [4.69, 9.17) is 0 Å². The number of benzene rings is 1. The SMILES string of the molecule is CCC(Sc1nc(CC(C)C)ccc1C#N)C(=O)Nc1ccc(S(=O)(=O)Nc2nccc(C)n2)cc1. The first-order valence-corrected chi connectivity index (χ1v) is 13.8. The molecule has 0 radical (unpaired) electrons. The minimum absolute atomic E-state index is 0.0110. The van der Waals surface area contributed by atoms with Crippen LogP contribution in [0.25, 0.3) is 0 Å². The molecule has 3 rings (SSSR count). The molecule has 36 heavy (non-hydrogen) atoms. The summed E-state index contributed by atoms with van der Waals surface area (Å²) in [6, 6.07) is 13.2. The maximum atomic E-state index is 13.0. The Morgan fingerprint density at radius 2 is 1.83 bits per heavy atom. The third-order valence-corrected chi connectivity index (χ3v) is 7.74. The van der Waals surface area contributed by atoms with Gasteiger partial charge in [-0.1, -0.05) is 32.5 Å². The van der Waals surface area contributed by atoms with Gasteiger partial charge in [0.25, 0.3) is 10.0 Å². The van der Waals surface area contributed by atoms with Crippen LogP contribution in [-0.2, 0) is 21.2 Å². The fourth-order valence-corrected chi connectivity index (χ4v) is 5.22. The number of pyridine rings is 1. The minimum atomic E-state index is -3.89. The van der Waals surface area contributed by atoms with Gasteiger partial charge in [-0.25, -0.2) is 28.1 Å². The summed E-state index contributed by atoms with van der Waals surface area (Å²) in [6.45, 7) is 7.81. The highest BCUT2D eigenvalue weighted by atomic mass is 32.2. The Labute approximate surface area is 215 Å². The summed E-state index contributed by atoms with van der Waals surface area (Å²) >= 11 is 1.25. The number of nitrogens with one attached hydrogen (secondary N) is 2. The minimum Gasteiger partial charge on any atom is -0.325 e. The number of sulfonamides is 1. The molecule has 1 unspecified atom stereocenters. The van der Waals surface area contributed by atoms with Crippen molar-refractivity contribution in [3.05, 3.63) is 65.6 Å². The highest BCUT2D eigenvalue weighted by Crippen LogP contribution is 2.29. The van der Waals surface area contributed by atoms with E-state index in [0.29, 0.717) is 34.3 Å². The van der Waals surface area contributed by atoms with Crippen molar-refractivity contribution in [2.45, 2.75) is 55.7 Å². The monoisotopic (exact) mass is 524 g/mol. The lowest BCUT2D eigenvalue weighted by atomic mass is 10.1. The second kappa shape index (κ2) is 12.0. The summed E-state index contributed by atoms with van der Waals surface area (Å²) in [5, 5.41) is 12.4. The number of amides is 1. The van der Waals surface area contributed by atoms with Crippen LogP contribution in [0.3, 0.4) is 0 Å². The summed E-state index contributed by atoms with van der Waals surface area (Å²) in [7, 11) is -3.89. The van der Waals surface area contributed by atoms with E-state index in [9.17, 15) is 18.5 Å². The van der Waals surface area contributed by atoms with Crippen molar-refractivity contribution in [3.63, 3.8) is 0 Å². The Morgan fingerprint density at radius 1 is 1.11 bits per heavy atom. The van der Waals surface area contributed by atoms with Gasteiger partial charge in [0.1, 0.15) is 11.1 Å². The van der Waals surface area contributed by atoms with Crippen LogP contribution < -0.4 is 10.0 Å². The van der Waals surface area contributed by atoms with E-state index in [0.717, 1.165) is 12.1 Å². The fourth-order valence-electron chi connectivity index (χ4n) is 3.26. The molecule has 0 aliphatic heterocycles. The molecule has 2 aromatic heterocycles. The number of thioether (sulfide) groups is 1. The Balaban J connectivity index is 1.70. The number of nitriles is 1. The average molecular weight is 525 g/mol. The molecule has 0 spiro atoms. The third-order valence-electron chi connectivity index (χ3n) is 5.03. The maximum Gasteiger partial charge on any atom is 0.264 e. The Morgan fingerprint density at radius 3 is 2.44 bits per heavy atom. The highest BCUT2D eigenvalue weighted by Gasteiger charge is 2.22. The molecular formula is C25H28N6O3S2. The van der Waals surface area contributed by atoms with Gasteiger partial charge in [-0.2, -0.15) is 5.26 Å². The first kappa shape index (κ1) is 27.1. The van der Waals surface area contributed by atoms with Crippen LogP contribution in [0.4, 0.5) is 11.6 Å². The number of carbonyl (C=O) groups is 1. The lowest BCUT2D eigenvalue weighted by molar-refractivity contribution is -0.115. The van der Waals surface area contributed by atoms with Crippen molar-refractivity contribution >= 4 is 39.3 Å². The fraction of sp³-hybridized carbons (Fsp3) is 0.320. The molecule has 11 heteroatoms. The van der Waals surface area contributed by atoms with E-state index in [2.05, 4.69) is 44.9 Å². The summed E-state index contributed by atoms with van der Waals surface area (Å²) < 4.78 is 27.6. The van der Waals surface area contributed by atoms with Crippen molar-refractivity contribution in [2.24, 2.45) is 5.92 Å². The number of carbonyl (C=O) groups excluding carboxylic acids is 1. The zero-order valence-electron chi connectivity index (χ0n) is 20.5. The van der Waals surface area contributed by atoms with Crippen LogP contribution in [0, 0.1) is 24.2 Å². The molecule has 1 aromatic carbocycles. The molecule has 9 nitrogen and oxygen atoms in total. The van der Waals surface area contributed by atoms with Crippen LogP contribution >= 0.6 is 11.8 Å². The zero-order chi connectivity index (χ0) is 26.3. The number of anilines is 2. The van der Waals surface area contributed by atoms with E-state index >= 15 is 0 Å². The molecule has 0 aliphatic rings. The second-order valence-corrected chi connectivity index (χ2v) is 11.4. The largest absolute Gasteiger partial charge is 0.325 e. The summed E-state index contributed by atoms with van der Waals surface area (Å²) in [6.07, 6.45) is 2.77. The zero-order valence-corrected chi connectivity index (χ0v) is 22.2. The Kier molecular flexibility index (Phi) is 9.01. The molecule has 0 fully saturated rings. The van der Waals surface area contributed by atoms with Crippen molar-refractivity contribution in [3.8, 4) is 6.07 Å². The first-order chi connectivity index (χ1) is 17.1. The third kappa shape index (κ3) is 7.26. The topological polar surface area (TPSA) is 138 Å². The summed E-state index contributed by atoms with van der Waals surface area (Å²) in [5.41, 5.74) is 2.39. The van der Waals surface area contributed by atoms with Crippen molar-refractivity contribution in [1.29, 1.82) is 5.26 Å². The Hall–Kier alpha value is -3.49. The van der Waals surface area contributed by atoms with Gasteiger partial charge in [-0.3, -0.25) is 4.79 Å². The molecule has 0 saturated carbocycles. The molecule has 0 bridgehead atoms. The Bertz CT molecular complexity index is 1370. The van der Waals surface area contributed by atoms with Gasteiger partial charge in [0.05, 0.1) is 15.7 Å². The molecule has 2 heterocycles. The standard InChI is InChI=1S/C25H28N6O3S2/c1-5-22(35-24-18(15-26)6-7-20(30-24)14-16(2)3)23(32)29-19-8-10-21(11-9-19)36(33,34)31-25-27-13-12-17(4)28-25/h6-13,16,22H,5,14H2,1-4H3,(H,29,32)(H,27,28,31). The first-order valence-electron chi connectivity index (χ1n) is 11.4. The molecule has 1 amide bonds. The predicted octanol–water partition coefficient (Wildman–Crippen LogP) is 4.56. The van der Waals surface area contributed by atoms with Crippen LogP contribution in [0.2, 0.25) is 0 Å². The summed E-state index contributed by atoms with van der Waals surface area (Å²) in [5.74, 6) is 0.141. The lowest BCUT2D eigenvalue weighted by Gasteiger charge is -2.16. The highest BCUT2D eigenvalue weighted by molar-refractivity contribution is 8.00. The number of rotatable bonds is 10. The number of nitrogens with zero attached hydrogens (tertiary/aromatic N) is 4. The van der Waals surface area contributed by atoms with Crippen LogP contribution in [0.5, 0.6) is 0 Å². The molecule has 2 N–H and O–H groups in total. The molecule has 1 atom stereocenters. The molecule has 188 valence electrons. The van der Waals surface area contributed by atoms with Crippen molar-refractivity contribution in [2.75, 3.05) is 10.0 Å². The van der Waals surface area contributed by atoms with E-state index in [1.54, 1.807) is 19.1 Å². The predicted molar refractivity (Wildman–Crippen MR) is 140 cm³/mol. The molecule has 3 aromatic rings. The van der Waals surface area contributed by atoms with Gasteiger partial charge >= 0.3 is 0 Å². The van der Waals surface area contributed by atoms with Crippen LogP contribution in [-0.4, -0.2) is 34.5 Å². The van der Waals surface area contributed by atoms with Crippen LogP contribution in [0.15, 0.2) is 58.6 Å². The molecule has 0 saturated heterocycles. The number of aromatic nitrogens is 3. The number of hydrogen-bond acceptors (Lipinski definition) is 8. The van der Waals surface area contributed by atoms with E-state index in [1.165, 1.54) is 42.2 Å². The average Bonchev–Trinajstić information content (AvgIpc) is 2.82. The maximum absolute atomic E-state index is 13.0. The smallest absolute Gasteiger partial charge is 0.264 e. The second-order valence-electron chi connectivity index (χ2n) is 8.52. The molecular weight excluding hydrogens is 496 g/mol. The van der Waals surface area contributed by atoms with Crippen molar-refractivity contribution in [1.82, 2.24) is 15.0 Å². The quantitative estimate of drug-likeness (QED) is 0.368. The van der Waals surface area contributed by atoms with Crippen LogP contribution in [0.1, 0.15) is 44.1 Å². The van der Waals surface area contributed by atoms with Gasteiger partial charge in [-0.05, 0) is 68.1 Å². The van der Waals surface area contributed by atoms with E-state index in [-0.39, 0.29) is 16.8 Å². The number of aryl methyl sites for hydroxylation is 1. The lowest BCUT2D eigenvalue weighted by Crippen LogP contribution is -2.25. The molecule has 0 aliphatic carbocycles. The van der Waals surface area contributed by atoms with Gasteiger partial charge in [0.15, 0.2) is 0 Å². The van der Waals surface area contributed by atoms with E-state index in [1.807, 2.05) is 13.0 Å². The number of hydrogen-bond donors (Lipinski definition) is 2. The summed E-state index contributed by atoms with van der Waals surface area (Å²) in [4.78, 5) is 25.6. The van der Waals surface area contributed by atoms with Gasteiger partial charge in [0, 0.05) is 23.3 Å².